The van der Waals surface area contributed by atoms with Crippen molar-refractivity contribution < 1.29 is 14.6 Å². The van der Waals surface area contributed by atoms with E-state index in [9.17, 15) is 5.11 Å². The highest BCUT2D eigenvalue weighted by Crippen LogP contribution is 2.35. The van der Waals surface area contributed by atoms with Crippen LogP contribution >= 0.6 is 0 Å². The summed E-state index contributed by atoms with van der Waals surface area (Å²) in [5.74, 6) is 0.412. The average molecular weight is 372 g/mol. The zero-order chi connectivity index (χ0) is 19.1. The lowest BCUT2D eigenvalue weighted by Gasteiger charge is -2.02. The van der Waals surface area contributed by atoms with E-state index in [1.807, 2.05) is 36.4 Å². The molecule has 0 spiro atoms. The van der Waals surface area contributed by atoms with E-state index in [0.29, 0.717) is 29.3 Å². The van der Waals surface area contributed by atoms with Crippen LogP contribution in [0, 0.1) is 0 Å². The second-order valence-electron chi connectivity index (χ2n) is 6.51. The fraction of sp³-hybridized carbons (Fsp3) is 0.0952. The standard InChI is InChI=1S/C21H16N4O3/c26-8-7-25-12-18(23-24-25)15-5-6-19(27)16(9-15)21-22-17-10-13-3-1-2-4-14(13)11-20(17)28-21/h1-6,9-12,26-27H,7-8H2. The van der Waals surface area contributed by atoms with Crippen LogP contribution in [-0.2, 0) is 6.54 Å². The van der Waals surface area contributed by atoms with Crippen LogP contribution in [0.2, 0.25) is 0 Å². The first kappa shape index (κ1) is 16.5. The summed E-state index contributed by atoms with van der Waals surface area (Å²) in [5.41, 5.74) is 3.27. The highest BCUT2D eigenvalue weighted by Gasteiger charge is 2.15. The van der Waals surface area contributed by atoms with Gasteiger partial charge < -0.3 is 14.6 Å². The average Bonchev–Trinajstić information content (AvgIpc) is 3.33. The Bertz CT molecular complexity index is 1250. The van der Waals surface area contributed by atoms with E-state index >= 15 is 0 Å². The van der Waals surface area contributed by atoms with Crippen molar-refractivity contribution in [1.82, 2.24) is 20.0 Å². The van der Waals surface area contributed by atoms with Gasteiger partial charge in [0.1, 0.15) is 17.0 Å². The molecule has 5 aromatic rings. The van der Waals surface area contributed by atoms with E-state index in [1.54, 1.807) is 29.1 Å². The molecule has 0 amide bonds. The predicted molar refractivity (Wildman–Crippen MR) is 105 cm³/mol. The van der Waals surface area contributed by atoms with E-state index < -0.39 is 0 Å². The second kappa shape index (κ2) is 6.47. The number of oxazole rings is 1. The van der Waals surface area contributed by atoms with E-state index in [1.165, 1.54) is 0 Å². The third kappa shape index (κ3) is 2.78. The zero-order valence-electron chi connectivity index (χ0n) is 14.8. The third-order valence-electron chi connectivity index (χ3n) is 4.65. The molecule has 3 aromatic carbocycles. The zero-order valence-corrected chi connectivity index (χ0v) is 14.8. The molecule has 0 fully saturated rings. The number of aromatic nitrogens is 4. The van der Waals surface area contributed by atoms with Crippen LogP contribution in [0.5, 0.6) is 5.75 Å². The summed E-state index contributed by atoms with van der Waals surface area (Å²) in [6.45, 7) is 0.359. The molecule has 7 heteroatoms. The summed E-state index contributed by atoms with van der Waals surface area (Å²) >= 11 is 0. The van der Waals surface area contributed by atoms with Crippen molar-refractivity contribution in [3.8, 4) is 28.5 Å². The Morgan fingerprint density at radius 3 is 2.64 bits per heavy atom. The van der Waals surface area contributed by atoms with Crippen molar-refractivity contribution in [1.29, 1.82) is 0 Å². The molecule has 0 atom stereocenters. The molecule has 0 saturated heterocycles. The lowest BCUT2D eigenvalue weighted by molar-refractivity contribution is 0.268. The molecular formula is C21H16N4O3. The van der Waals surface area contributed by atoms with Gasteiger partial charge in [0, 0.05) is 5.56 Å². The molecule has 0 radical (unpaired) electrons. The van der Waals surface area contributed by atoms with Gasteiger partial charge in [0.05, 0.1) is 24.9 Å². The largest absolute Gasteiger partial charge is 0.507 e. The van der Waals surface area contributed by atoms with Crippen LogP contribution in [0.25, 0.3) is 44.6 Å². The minimum Gasteiger partial charge on any atom is -0.507 e. The summed E-state index contributed by atoms with van der Waals surface area (Å²) in [5, 5.41) is 29.6. The van der Waals surface area contributed by atoms with Crippen LogP contribution in [0.15, 0.2) is 65.2 Å². The van der Waals surface area contributed by atoms with Crippen molar-refractivity contribution in [2.45, 2.75) is 6.54 Å². The normalized spacial score (nSPS) is 11.5. The molecule has 5 rings (SSSR count). The van der Waals surface area contributed by atoms with Gasteiger partial charge in [-0.2, -0.15) is 0 Å². The van der Waals surface area contributed by atoms with E-state index in [4.69, 9.17) is 9.52 Å². The van der Waals surface area contributed by atoms with Crippen LogP contribution in [0.3, 0.4) is 0 Å². The summed E-state index contributed by atoms with van der Waals surface area (Å²) in [6.07, 6.45) is 1.74. The number of phenolic OH excluding ortho intramolecular Hbond substituents is 1. The topological polar surface area (TPSA) is 97.2 Å². The Balaban J connectivity index is 1.60. The lowest BCUT2D eigenvalue weighted by Crippen LogP contribution is -2.01. The van der Waals surface area contributed by atoms with Crippen molar-refractivity contribution >= 4 is 21.9 Å². The molecule has 7 nitrogen and oxygen atoms in total. The molecule has 0 aliphatic rings. The molecular weight excluding hydrogens is 356 g/mol. The molecule has 0 bridgehead atoms. The number of hydrogen-bond acceptors (Lipinski definition) is 6. The molecule has 0 aliphatic heterocycles. The molecule has 28 heavy (non-hydrogen) atoms. The molecule has 0 unspecified atom stereocenters. The van der Waals surface area contributed by atoms with Crippen LogP contribution in [0.1, 0.15) is 0 Å². The Kier molecular flexibility index (Phi) is 3.80. The minimum absolute atomic E-state index is 0.0130. The van der Waals surface area contributed by atoms with Gasteiger partial charge in [0.2, 0.25) is 5.89 Å². The molecule has 2 aromatic heterocycles. The summed E-state index contributed by atoms with van der Waals surface area (Å²) in [4.78, 5) is 4.56. The van der Waals surface area contributed by atoms with Crippen molar-refractivity contribution in [3.05, 3.63) is 60.8 Å². The van der Waals surface area contributed by atoms with Gasteiger partial charge in [-0.1, -0.05) is 29.5 Å². The van der Waals surface area contributed by atoms with Gasteiger partial charge in [0.25, 0.3) is 0 Å². The number of benzene rings is 3. The monoisotopic (exact) mass is 372 g/mol. The first-order valence-corrected chi connectivity index (χ1v) is 8.85. The van der Waals surface area contributed by atoms with Gasteiger partial charge in [0.15, 0.2) is 5.58 Å². The number of hydrogen-bond donors (Lipinski definition) is 2. The smallest absolute Gasteiger partial charge is 0.231 e. The van der Waals surface area contributed by atoms with Crippen LogP contribution in [-0.4, -0.2) is 36.8 Å². The van der Waals surface area contributed by atoms with E-state index in [-0.39, 0.29) is 12.4 Å². The van der Waals surface area contributed by atoms with E-state index in [2.05, 4.69) is 15.3 Å². The maximum absolute atomic E-state index is 10.4. The molecule has 0 saturated carbocycles. The quantitative estimate of drug-likeness (QED) is 0.500. The van der Waals surface area contributed by atoms with Gasteiger partial charge in [-0.3, -0.25) is 0 Å². The summed E-state index contributed by atoms with van der Waals surface area (Å²) in [7, 11) is 0. The highest BCUT2D eigenvalue weighted by atomic mass is 16.3. The number of phenols is 1. The number of aromatic hydroxyl groups is 1. The molecule has 2 N–H and O–H groups in total. The SMILES string of the molecule is OCCn1cc(-c2ccc(O)c(-c3nc4cc5ccccc5cc4o3)c2)nn1. The van der Waals surface area contributed by atoms with Crippen LogP contribution in [0.4, 0.5) is 0 Å². The highest BCUT2D eigenvalue weighted by molar-refractivity contribution is 5.95. The first-order chi connectivity index (χ1) is 13.7. The van der Waals surface area contributed by atoms with E-state index in [0.717, 1.165) is 21.9 Å². The maximum atomic E-state index is 10.4. The Morgan fingerprint density at radius 1 is 1.00 bits per heavy atom. The molecule has 0 aliphatic carbocycles. The lowest BCUT2D eigenvalue weighted by atomic mass is 10.1. The summed E-state index contributed by atoms with van der Waals surface area (Å²) in [6, 6.07) is 17.0. The number of nitrogens with zero attached hydrogens (tertiary/aromatic N) is 4. The molecule has 2 heterocycles. The van der Waals surface area contributed by atoms with Crippen LogP contribution < -0.4 is 0 Å². The van der Waals surface area contributed by atoms with Gasteiger partial charge in [-0.15, -0.1) is 5.10 Å². The van der Waals surface area contributed by atoms with Crippen molar-refractivity contribution in [2.24, 2.45) is 0 Å². The molecule has 138 valence electrons. The summed E-state index contributed by atoms with van der Waals surface area (Å²) < 4.78 is 7.49. The minimum atomic E-state index is -0.0130. The third-order valence-corrected chi connectivity index (χ3v) is 4.65. The number of aliphatic hydroxyl groups is 1. The number of fused-ring (bicyclic) bond motifs is 2. The Morgan fingerprint density at radius 2 is 1.82 bits per heavy atom. The second-order valence-corrected chi connectivity index (χ2v) is 6.51. The van der Waals surface area contributed by atoms with Crippen molar-refractivity contribution in [3.63, 3.8) is 0 Å². The fourth-order valence-electron chi connectivity index (χ4n) is 3.24. The Labute approximate surface area is 159 Å². The number of aliphatic hydroxyl groups excluding tert-OH is 1. The van der Waals surface area contributed by atoms with Gasteiger partial charge >= 0.3 is 0 Å². The fourth-order valence-corrected chi connectivity index (χ4v) is 3.24. The Hall–Kier alpha value is -3.71. The predicted octanol–water partition coefficient (Wildman–Crippen LogP) is 3.60. The maximum Gasteiger partial charge on any atom is 0.231 e. The van der Waals surface area contributed by atoms with Gasteiger partial charge in [-0.05, 0) is 41.1 Å². The number of rotatable bonds is 4. The van der Waals surface area contributed by atoms with Gasteiger partial charge in [-0.25, -0.2) is 9.67 Å². The first-order valence-electron chi connectivity index (χ1n) is 8.85. The van der Waals surface area contributed by atoms with Crippen molar-refractivity contribution in [2.75, 3.05) is 6.61 Å².